The van der Waals surface area contributed by atoms with Crippen LogP contribution in [-0.4, -0.2) is 5.91 Å². The summed E-state index contributed by atoms with van der Waals surface area (Å²) in [6.45, 7) is 12.0. The fraction of sp³-hybridized carbons (Fsp3) is 0.273. The van der Waals surface area contributed by atoms with Gasteiger partial charge in [0.1, 0.15) is 11.6 Å². The number of amides is 1. The van der Waals surface area contributed by atoms with Crippen molar-refractivity contribution in [1.82, 2.24) is 0 Å². The molecule has 2 aromatic rings. The zero-order valence-corrected chi connectivity index (χ0v) is 16.2. The van der Waals surface area contributed by atoms with E-state index in [1.54, 1.807) is 0 Å². The Balaban J connectivity index is 2.25. The van der Waals surface area contributed by atoms with E-state index in [-0.39, 0.29) is 5.57 Å². The van der Waals surface area contributed by atoms with Crippen molar-refractivity contribution in [3.63, 3.8) is 0 Å². The molecular formula is C22H25N3O. The van der Waals surface area contributed by atoms with E-state index in [4.69, 9.17) is 0 Å². The van der Waals surface area contributed by atoms with E-state index in [2.05, 4.69) is 22.8 Å². The number of hydrogen-bond acceptors (Lipinski definition) is 3. The van der Waals surface area contributed by atoms with Crippen molar-refractivity contribution in [2.24, 2.45) is 0 Å². The zero-order valence-electron chi connectivity index (χ0n) is 16.2. The summed E-state index contributed by atoms with van der Waals surface area (Å²) < 4.78 is 0. The monoisotopic (exact) mass is 347 g/mol. The average Bonchev–Trinajstić information content (AvgIpc) is 2.53. The summed E-state index contributed by atoms with van der Waals surface area (Å²) in [6, 6.07) is 10.1. The lowest BCUT2D eigenvalue weighted by molar-refractivity contribution is -0.112. The number of rotatable bonds is 4. The third kappa shape index (κ3) is 4.31. The third-order valence-electron chi connectivity index (χ3n) is 4.32. The summed E-state index contributed by atoms with van der Waals surface area (Å²) in [6.07, 6.45) is 1.47. The Morgan fingerprint density at radius 1 is 0.846 bits per heavy atom. The Morgan fingerprint density at radius 3 is 1.69 bits per heavy atom. The summed E-state index contributed by atoms with van der Waals surface area (Å²) in [5.41, 5.74) is 8.12. The second-order valence-corrected chi connectivity index (χ2v) is 6.82. The first-order valence-corrected chi connectivity index (χ1v) is 8.56. The van der Waals surface area contributed by atoms with Crippen molar-refractivity contribution < 1.29 is 4.79 Å². The maximum atomic E-state index is 12.5. The van der Waals surface area contributed by atoms with Crippen molar-refractivity contribution in [2.75, 3.05) is 10.6 Å². The minimum absolute atomic E-state index is 0.0312. The molecule has 0 bridgehead atoms. The van der Waals surface area contributed by atoms with Crippen LogP contribution < -0.4 is 10.6 Å². The van der Waals surface area contributed by atoms with E-state index in [1.165, 1.54) is 11.8 Å². The van der Waals surface area contributed by atoms with Gasteiger partial charge in [-0.1, -0.05) is 35.4 Å². The second kappa shape index (κ2) is 7.88. The zero-order chi connectivity index (χ0) is 19.4. The number of nitriles is 1. The van der Waals surface area contributed by atoms with Crippen molar-refractivity contribution in [2.45, 2.75) is 41.5 Å². The Morgan fingerprint density at radius 2 is 1.27 bits per heavy atom. The van der Waals surface area contributed by atoms with Crippen LogP contribution in [0.2, 0.25) is 0 Å². The van der Waals surface area contributed by atoms with Crippen LogP contribution in [0, 0.1) is 52.9 Å². The van der Waals surface area contributed by atoms with Crippen LogP contribution >= 0.6 is 0 Å². The minimum Gasteiger partial charge on any atom is -0.360 e. The average molecular weight is 347 g/mol. The standard InChI is InChI=1S/C22H25N3O/c1-13-7-15(3)20(16(4)8-13)24-12-19(11-23)22(26)25-21-17(5)9-14(2)10-18(21)6/h7-10,12,24H,1-6H3,(H,25,26)/b19-12-. The number of benzene rings is 2. The maximum Gasteiger partial charge on any atom is 0.267 e. The Bertz CT molecular complexity index is 887. The number of carbonyl (C=O) groups is 1. The second-order valence-electron chi connectivity index (χ2n) is 6.82. The third-order valence-corrected chi connectivity index (χ3v) is 4.32. The van der Waals surface area contributed by atoms with Gasteiger partial charge in [0.25, 0.3) is 5.91 Å². The van der Waals surface area contributed by atoms with Crippen LogP contribution in [0.1, 0.15) is 33.4 Å². The molecule has 0 fully saturated rings. The van der Waals surface area contributed by atoms with Crippen molar-refractivity contribution >= 4 is 17.3 Å². The first kappa shape index (κ1) is 19.3. The molecule has 4 nitrogen and oxygen atoms in total. The summed E-state index contributed by atoms with van der Waals surface area (Å²) in [5.74, 6) is -0.419. The van der Waals surface area contributed by atoms with Gasteiger partial charge in [0.2, 0.25) is 0 Å². The smallest absolute Gasteiger partial charge is 0.267 e. The van der Waals surface area contributed by atoms with E-state index in [0.29, 0.717) is 0 Å². The fourth-order valence-corrected chi connectivity index (χ4v) is 3.26. The van der Waals surface area contributed by atoms with E-state index in [9.17, 15) is 10.1 Å². The molecule has 4 heteroatoms. The number of nitrogens with zero attached hydrogens (tertiary/aromatic N) is 1. The first-order chi connectivity index (χ1) is 12.2. The molecule has 2 N–H and O–H groups in total. The molecule has 0 aliphatic rings. The molecular weight excluding hydrogens is 322 g/mol. The molecule has 2 aromatic carbocycles. The van der Waals surface area contributed by atoms with Crippen LogP contribution in [0.15, 0.2) is 36.0 Å². The van der Waals surface area contributed by atoms with Gasteiger partial charge in [0.05, 0.1) is 0 Å². The minimum atomic E-state index is -0.419. The van der Waals surface area contributed by atoms with E-state index >= 15 is 0 Å². The predicted molar refractivity (Wildman–Crippen MR) is 107 cm³/mol. The number of aryl methyl sites for hydroxylation is 6. The molecule has 0 unspecified atom stereocenters. The molecule has 1 amide bonds. The molecule has 0 aliphatic heterocycles. The van der Waals surface area contributed by atoms with Gasteiger partial charge in [-0.2, -0.15) is 5.26 Å². The van der Waals surface area contributed by atoms with Crippen molar-refractivity contribution in [3.05, 3.63) is 69.4 Å². The van der Waals surface area contributed by atoms with E-state index in [0.717, 1.165) is 39.2 Å². The topological polar surface area (TPSA) is 64.9 Å². The highest BCUT2D eigenvalue weighted by Crippen LogP contribution is 2.24. The normalized spacial score (nSPS) is 11.0. The molecule has 0 saturated heterocycles. The largest absolute Gasteiger partial charge is 0.360 e. The molecule has 0 radical (unpaired) electrons. The molecule has 0 aromatic heterocycles. The lowest BCUT2D eigenvalue weighted by Gasteiger charge is -2.13. The van der Waals surface area contributed by atoms with E-state index in [1.807, 2.05) is 59.7 Å². The maximum absolute atomic E-state index is 12.5. The quantitative estimate of drug-likeness (QED) is 0.604. The Labute approximate surface area is 155 Å². The number of hydrogen-bond donors (Lipinski definition) is 2. The number of nitrogens with one attached hydrogen (secondary N) is 2. The summed E-state index contributed by atoms with van der Waals surface area (Å²) in [4.78, 5) is 12.5. The number of carbonyl (C=O) groups excluding carboxylic acids is 1. The van der Waals surface area contributed by atoms with Crippen LogP contribution in [0.4, 0.5) is 11.4 Å². The molecule has 26 heavy (non-hydrogen) atoms. The van der Waals surface area contributed by atoms with Crippen LogP contribution in [-0.2, 0) is 4.79 Å². The molecule has 0 atom stereocenters. The Kier molecular flexibility index (Phi) is 5.84. The van der Waals surface area contributed by atoms with Crippen molar-refractivity contribution in [1.29, 1.82) is 5.26 Å². The van der Waals surface area contributed by atoms with Crippen molar-refractivity contribution in [3.8, 4) is 6.07 Å². The molecule has 134 valence electrons. The van der Waals surface area contributed by atoms with Gasteiger partial charge in [0.15, 0.2) is 0 Å². The molecule has 0 heterocycles. The van der Waals surface area contributed by atoms with Crippen LogP contribution in [0.5, 0.6) is 0 Å². The van der Waals surface area contributed by atoms with E-state index < -0.39 is 5.91 Å². The van der Waals surface area contributed by atoms with Gasteiger partial charge in [-0.25, -0.2) is 0 Å². The van der Waals surface area contributed by atoms with Gasteiger partial charge < -0.3 is 10.6 Å². The summed E-state index contributed by atoms with van der Waals surface area (Å²) in [5, 5.41) is 15.4. The van der Waals surface area contributed by atoms with Gasteiger partial charge in [-0.3, -0.25) is 4.79 Å². The van der Waals surface area contributed by atoms with Crippen LogP contribution in [0.25, 0.3) is 0 Å². The lowest BCUT2D eigenvalue weighted by Crippen LogP contribution is -2.16. The fourth-order valence-electron chi connectivity index (χ4n) is 3.26. The summed E-state index contributed by atoms with van der Waals surface area (Å²) >= 11 is 0. The molecule has 0 aliphatic carbocycles. The van der Waals surface area contributed by atoms with Gasteiger partial charge >= 0.3 is 0 Å². The SMILES string of the molecule is Cc1cc(C)c(N/C=C(/C#N)C(=O)Nc2c(C)cc(C)cc2C)c(C)c1. The highest BCUT2D eigenvalue weighted by atomic mass is 16.1. The van der Waals surface area contributed by atoms with Gasteiger partial charge in [-0.05, 0) is 63.8 Å². The number of anilines is 2. The summed E-state index contributed by atoms with van der Waals surface area (Å²) in [7, 11) is 0. The molecule has 2 rings (SSSR count). The Hall–Kier alpha value is -3.06. The molecule has 0 spiro atoms. The lowest BCUT2D eigenvalue weighted by atomic mass is 10.0. The van der Waals surface area contributed by atoms with Gasteiger partial charge in [-0.15, -0.1) is 0 Å². The van der Waals surface area contributed by atoms with Gasteiger partial charge in [0, 0.05) is 17.6 Å². The highest BCUT2D eigenvalue weighted by Gasteiger charge is 2.13. The highest BCUT2D eigenvalue weighted by molar-refractivity contribution is 6.07. The first-order valence-electron chi connectivity index (χ1n) is 8.56. The van der Waals surface area contributed by atoms with Crippen LogP contribution in [0.3, 0.4) is 0 Å². The molecule has 0 saturated carbocycles. The predicted octanol–water partition coefficient (Wildman–Crippen LogP) is 5.00.